The van der Waals surface area contributed by atoms with Gasteiger partial charge in [0.05, 0.1) is 4.70 Å². The Labute approximate surface area is 290 Å². The van der Waals surface area contributed by atoms with Gasteiger partial charge in [0.2, 0.25) is 0 Å². The Bertz CT molecular complexity index is 2200. The smallest absolute Gasteiger partial charge is 0.138 e. The first-order chi connectivity index (χ1) is 22.0. The van der Waals surface area contributed by atoms with E-state index >= 15 is 0 Å². The molecular formula is C41H32IrNOSSi-2. The van der Waals surface area contributed by atoms with E-state index in [0.29, 0.717) is 15.0 Å². The summed E-state index contributed by atoms with van der Waals surface area (Å²) in [5.74, 6) is 0.474. The van der Waals surface area contributed by atoms with E-state index in [2.05, 4.69) is 110 Å². The maximum atomic E-state index is 6.58. The third kappa shape index (κ3) is 6.09. The molecule has 0 saturated carbocycles. The number of fused-ring (bicyclic) bond motifs is 5. The molecule has 46 heavy (non-hydrogen) atoms. The van der Waals surface area contributed by atoms with Gasteiger partial charge in [-0.3, -0.25) is 0 Å². The predicted molar refractivity (Wildman–Crippen MR) is 194 cm³/mol. The van der Waals surface area contributed by atoms with Gasteiger partial charge >= 0.3 is 0 Å². The quantitative estimate of drug-likeness (QED) is 0.131. The summed E-state index contributed by atoms with van der Waals surface area (Å²) in [5.41, 5.74) is 14.3. The number of thiophene rings is 1. The van der Waals surface area contributed by atoms with Crippen LogP contribution in [0, 0.1) is 31.9 Å². The van der Waals surface area contributed by atoms with Crippen LogP contribution in [0.15, 0.2) is 119 Å². The molecule has 0 fully saturated rings. The Morgan fingerprint density at radius 3 is 2.35 bits per heavy atom. The van der Waals surface area contributed by atoms with Crippen LogP contribution in [0.3, 0.4) is 0 Å². The molecule has 0 unspecified atom stereocenters. The Balaban J connectivity index is 0.000000241. The van der Waals surface area contributed by atoms with Crippen LogP contribution in [0.25, 0.3) is 54.1 Å². The molecular weight excluding hydrogens is 775 g/mol. The molecule has 0 spiro atoms. The van der Waals surface area contributed by atoms with Gasteiger partial charge in [0.1, 0.15) is 5.58 Å². The fraction of sp³-hybridized carbons (Fsp3) is 0.122. The number of hydrogen-bond acceptors (Lipinski definition) is 3. The second-order valence-electron chi connectivity index (χ2n) is 11.6. The Kier molecular flexibility index (Phi) is 9.58. The van der Waals surface area contributed by atoms with E-state index in [-0.39, 0.29) is 20.1 Å². The van der Waals surface area contributed by atoms with Gasteiger partial charge < -0.3 is 9.40 Å². The fourth-order valence-electron chi connectivity index (χ4n) is 6.08. The van der Waals surface area contributed by atoms with Crippen molar-refractivity contribution in [1.29, 1.82) is 0 Å². The second kappa shape index (κ2) is 13.8. The minimum Gasteiger partial charge on any atom is -0.499 e. The van der Waals surface area contributed by atoms with E-state index in [1.165, 1.54) is 53.9 Å². The van der Waals surface area contributed by atoms with E-state index in [9.17, 15) is 0 Å². The molecule has 1 aliphatic heterocycles. The Morgan fingerprint density at radius 2 is 1.61 bits per heavy atom. The van der Waals surface area contributed by atoms with Gasteiger partial charge in [-0.25, -0.2) is 0 Å². The standard InChI is InChI=1S/C30H24OSSi.C11H8N.Ir/c1-17(2)25-16-33-26(15-24(25)27-18(3)7-5-8-19(27)4)23-10-6-9-21-22-12-11-20-13-14-32-30(20)29(22)31-28(21)23;1-2-6-10(7-3-1)11-8-4-5-9-12-11;/h5-9,11-17H,1-4H3;1-6,8-9H;/q2*-1;. The van der Waals surface area contributed by atoms with Crippen molar-refractivity contribution < 1.29 is 24.5 Å². The van der Waals surface area contributed by atoms with Gasteiger partial charge in [0.15, 0.2) is 0 Å². The first kappa shape index (κ1) is 32.0. The van der Waals surface area contributed by atoms with Gasteiger partial charge in [-0.15, -0.1) is 76.2 Å². The third-order valence-electron chi connectivity index (χ3n) is 8.29. The SMILES string of the molecule is Cc1cccc(C)c1C1=C(C(C)C)C=[Si]C(c2[c-]ccc3c2oc2c3ccc3ccsc32)=C1.[Ir].[c-]1ccccc1-c1ccccn1. The molecule has 0 saturated heterocycles. The molecule has 228 valence electrons. The number of aryl methyl sites for hydroxylation is 2. The van der Waals surface area contributed by atoms with E-state index in [0.717, 1.165) is 28.0 Å². The molecule has 5 heteroatoms. The van der Waals surface area contributed by atoms with Crippen molar-refractivity contribution in [2.45, 2.75) is 27.7 Å². The van der Waals surface area contributed by atoms with Gasteiger partial charge in [-0.05, 0) is 76.2 Å². The van der Waals surface area contributed by atoms with Crippen LogP contribution in [0.1, 0.15) is 36.1 Å². The molecule has 4 aromatic carbocycles. The van der Waals surface area contributed by atoms with Crippen LogP contribution < -0.4 is 0 Å². The van der Waals surface area contributed by atoms with Crippen molar-refractivity contribution in [2.75, 3.05) is 0 Å². The summed E-state index contributed by atoms with van der Waals surface area (Å²) in [6.45, 7) is 9.02. The summed E-state index contributed by atoms with van der Waals surface area (Å²) in [6.07, 6.45) is 4.19. The fourth-order valence-corrected chi connectivity index (χ4v) is 8.32. The minimum absolute atomic E-state index is 0. The average molecular weight is 807 g/mol. The number of nitrogens with zero attached hydrogens (tertiary/aromatic N) is 1. The Morgan fingerprint density at radius 1 is 0.804 bits per heavy atom. The molecule has 0 atom stereocenters. The van der Waals surface area contributed by atoms with E-state index in [4.69, 9.17) is 4.42 Å². The van der Waals surface area contributed by atoms with Gasteiger partial charge in [-0.1, -0.05) is 73.4 Å². The van der Waals surface area contributed by atoms with Crippen LogP contribution in [0.2, 0.25) is 0 Å². The number of hydrogen-bond donors (Lipinski definition) is 0. The van der Waals surface area contributed by atoms with E-state index in [1.54, 1.807) is 17.5 Å². The number of rotatable bonds is 4. The first-order valence-corrected chi connectivity index (χ1v) is 17.2. The van der Waals surface area contributed by atoms with Crippen LogP contribution in [0.5, 0.6) is 0 Å². The van der Waals surface area contributed by atoms with E-state index in [1.807, 2.05) is 42.5 Å². The van der Waals surface area contributed by atoms with Crippen molar-refractivity contribution in [2.24, 2.45) is 5.92 Å². The average Bonchev–Trinajstić information content (AvgIpc) is 3.71. The third-order valence-corrected chi connectivity index (χ3v) is 10.4. The topological polar surface area (TPSA) is 26.0 Å². The summed E-state index contributed by atoms with van der Waals surface area (Å²) < 4.78 is 7.81. The molecule has 1 aliphatic rings. The number of aromatic nitrogens is 1. The van der Waals surface area contributed by atoms with Crippen molar-refractivity contribution in [3.05, 3.63) is 149 Å². The largest absolute Gasteiger partial charge is 0.499 e. The molecule has 4 heterocycles. The van der Waals surface area contributed by atoms with Crippen LogP contribution in [-0.4, -0.2) is 19.8 Å². The molecule has 3 aromatic heterocycles. The summed E-state index contributed by atoms with van der Waals surface area (Å²) in [4.78, 5) is 4.22. The zero-order chi connectivity index (χ0) is 30.9. The minimum atomic E-state index is 0. The summed E-state index contributed by atoms with van der Waals surface area (Å²) in [7, 11) is 0.595. The maximum absolute atomic E-state index is 6.58. The molecule has 7 aromatic rings. The first-order valence-electron chi connectivity index (χ1n) is 15.2. The van der Waals surface area contributed by atoms with Crippen LogP contribution >= 0.6 is 11.3 Å². The van der Waals surface area contributed by atoms with Gasteiger partial charge in [0, 0.05) is 46.4 Å². The Hall–Kier alpha value is -3.99. The zero-order valence-electron chi connectivity index (χ0n) is 26.1. The van der Waals surface area contributed by atoms with Crippen molar-refractivity contribution in [1.82, 2.24) is 4.98 Å². The molecule has 0 bridgehead atoms. The number of allylic oxidation sites excluding steroid dienone is 3. The number of pyridine rings is 1. The molecule has 0 aliphatic carbocycles. The number of furan rings is 1. The van der Waals surface area contributed by atoms with Gasteiger partial charge in [0.25, 0.3) is 0 Å². The summed E-state index contributed by atoms with van der Waals surface area (Å²) in [5, 5.41) is 7.04. The van der Waals surface area contributed by atoms with Gasteiger partial charge in [-0.2, -0.15) is 0 Å². The second-order valence-corrected chi connectivity index (χ2v) is 13.6. The summed E-state index contributed by atoms with van der Waals surface area (Å²) in [6, 6.07) is 37.7. The zero-order valence-corrected chi connectivity index (χ0v) is 30.4. The van der Waals surface area contributed by atoms with Crippen molar-refractivity contribution >= 4 is 68.9 Å². The molecule has 2 radical (unpaired) electrons. The molecule has 0 amide bonds. The normalized spacial score (nSPS) is 12.8. The van der Waals surface area contributed by atoms with Crippen LogP contribution in [0.4, 0.5) is 0 Å². The predicted octanol–water partition coefficient (Wildman–Crippen LogP) is 10.7. The van der Waals surface area contributed by atoms with Crippen LogP contribution in [-0.2, 0) is 20.1 Å². The summed E-state index contributed by atoms with van der Waals surface area (Å²) >= 11 is 1.75. The van der Waals surface area contributed by atoms with E-state index < -0.39 is 0 Å². The van der Waals surface area contributed by atoms with Crippen molar-refractivity contribution in [3.63, 3.8) is 0 Å². The molecule has 8 rings (SSSR count). The maximum Gasteiger partial charge on any atom is 0.138 e. The van der Waals surface area contributed by atoms with Crippen molar-refractivity contribution in [3.8, 4) is 11.3 Å². The monoisotopic (exact) mass is 807 g/mol. The molecule has 0 N–H and O–H groups in total. The number of benzene rings is 4. The molecule has 2 nitrogen and oxygen atoms in total.